The van der Waals surface area contributed by atoms with Crippen molar-refractivity contribution in [1.29, 1.82) is 5.26 Å². The lowest BCUT2D eigenvalue weighted by Crippen LogP contribution is -2.56. The lowest BCUT2D eigenvalue weighted by Gasteiger charge is -2.41. The largest absolute Gasteiger partial charge is 0.417 e. The van der Waals surface area contributed by atoms with Gasteiger partial charge in [0.25, 0.3) is 5.56 Å². The minimum atomic E-state index is -4.48. The van der Waals surface area contributed by atoms with E-state index in [2.05, 4.69) is 20.5 Å². The third-order valence-electron chi connectivity index (χ3n) is 6.14. The molecule has 2 aromatic rings. The fourth-order valence-electron chi connectivity index (χ4n) is 4.33. The Kier molecular flexibility index (Phi) is 7.94. The number of hydrogen-bond acceptors (Lipinski definition) is 9. The van der Waals surface area contributed by atoms with E-state index in [1.54, 1.807) is 11.8 Å². The Balaban J connectivity index is 1.26. The highest BCUT2D eigenvalue weighted by Crippen LogP contribution is 2.34. The predicted molar refractivity (Wildman–Crippen MR) is 125 cm³/mol. The van der Waals surface area contributed by atoms with Gasteiger partial charge in [0, 0.05) is 37.4 Å². The molecule has 0 unspecified atom stereocenters. The van der Waals surface area contributed by atoms with Crippen molar-refractivity contribution in [3.8, 4) is 6.07 Å². The van der Waals surface area contributed by atoms with Crippen LogP contribution >= 0.6 is 0 Å². The second-order valence-electron chi connectivity index (χ2n) is 8.88. The Bertz CT molecular complexity index is 1230. The number of alkyl halides is 3. The number of aromatic amines is 1. The van der Waals surface area contributed by atoms with Gasteiger partial charge in [-0.25, -0.2) is 10.1 Å². The van der Waals surface area contributed by atoms with Crippen molar-refractivity contribution in [3.05, 3.63) is 45.5 Å². The normalized spacial score (nSPS) is 18.3. The summed E-state index contributed by atoms with van der Waals surface area (Å²) in [5.41, 5.74) is -0.794. The summed E-state index contributed by atoms with van der Waals surface area (Å²) in [5.74, 6) is 0.359. The first-order valence-electron chi connectivity index (χ1n) is 11.7. The van der Waals surface area contributed by atoms with Crippen LogP contribution in [0, 0.1) is 11.3 Å². The number of piperazine rings is 1. The van der Waals surface area contributed by atoms with Crippen LogP contribution in [0.2, 0.25) is 0 Å². The number of halogens is 3. The number of nitrogens with zero attached hydrogens (tertiary/aromatic N) is 5. The highest BCUT2D eigenvalue weighted by molar-refractivity contribution is 5.76. The van der Waals surface area contributed by atoms with Crippen LogP contribution in [-0.4, -0.2) is 77.5 Å². The molecule has 0 radical (unpaired) electrons. The summed E-state index contributed by atoms with van der Waals surface area (Å²) < 4.78 is 50.4. The lowest BCUT2D eigenvalue weighted by atomic mass is 10.1. The number of nitriles is 1. The molecule has 0 spiro atoms. The zero-order chi connectivity index (χ0) is 26.6. The van der Waals surface area contributed by atoms with Gasteiger partial charge in [-0.2, -0.15) is 23.5 Å². The van der Waals surface area contributed by atoms with E-state index >= 15 is 0 Å². The number of carbonyl (C=O) groups excluding carboxylic acids is 1. The van der Waals surface area contributed by atoms with E-state index in [4.69, 9.17) is 14.7 Å². The standard InChI is InChI=1S/C23H26F3N7O4/c1-14(30-19-9-29-31-22(35)18(19)7-27)11-36-5-2-20(34)32-3-4-33-17(10-32)13-37-12-15-6-16(23(24,25)26)8-28-21(15)33/h6,8-9,14,17H,2-5,10-13H2,1H3,(H2,30,31,35)/t14-,17+/m0/s1. The molecule has 2 N–H and O–H groups in total. The number of aromatic nitrogens is 3. The van der Waals surface area contributed by atoms with Crippen LogP contribution in [-0.2, 0) is 27.1 Å². The van der Waals surface area contributed by atoms with Crippen LogP contribution in [0.3, 0.4) is 0 Å². The number of hydrogen-bond donors (Lipinski definition) is 2. The van der Waals surface area contributed by atoms with E-state index < -0.39 is 17.3 Å². The third-order valence-corrected chi connectivity index (χ3v) is 6.14. The molecule has 14 heteroatoms. The van der Waals surface area contributed by atoms with Crippen molar-refractivity contribution < 1.29 is 27.4 Å². The van der Waals surface area contributed by atoms with E-state index in [0.29, 0.717) is 36.7 Å². The Morgan fingerprint density at radius 1 is 1.41 bits per heavy atom. The van der Waals surface area contributed by atoms with E-state index in [1.165, 1.54) is 6.20 Å². The SMILES string of the molecule is C[C@@H](COCCC(=O)N1CCN2c3ncc(C(F)(F)F)cc3COC[C@H]2C1)Nc1cn[nH]c(=O)c1C#N. The van der Waals surface area contributed by atoms with E-state index in [0.717, 1.165) is 12.3 Å². The van der Waals surface area contributed by atoms with Crippen LogP contribution in [0.25, 0.3) is 0 Å². The predicted octanol–water partition coefficient (Wildman–Crippen LogP) is 1.51. The molecule has 1 fully saturated rings. The summed E-state index contributed by atoms with van der Waals surface area (Å²) in [4.78, 5) is 32.1. The number of H-pyrrole nitrogens is 1. The second-order valence-corrected chi connectivity index (χ2v) is 8.88. The van der Waals surface area contributed by atoms with Gasteiger partial charge in [0.15, 0.2) is 0 Å². The molecule has 2 aliphatic heterocycles. The van der Waals surface area contributed by atoms with Gasteiger partial charge in [-0.05, 0) is 13.0 Å². The molecule has 11 nitrogen and oxygen atoms in total. The molecule has 198 valence electrons. The molecule has 1 amide bonds. The first-order valence-corrected chi connectivity index (χ1v) is 11.7. The summed E-state index contributed by atoms with van der Waals surface area (Å²) >= 11 is 0. The van der Waals surface area contributed by atoms with Crippen LogP contribution in [0.5, 0.6) is 0 Å². The van der Waals surface area contributed by atoms with Gasteiger partial charge in [0.2, 0.25) is 5.91 Å². The van der Waals surface area contributed by atoms with Crippen molar-refractivity contribution in [2.75, 3.05) is 49.7 Å². The fourth-order valence-corrected chi connectivity index (χ4v) is 4.33. The Labute approximate surface area is 210 Å². The van der Waals surface area contributed by atoms with Crippen LogP contribution < -0.4 is 15.8 Å². The molecule has 4 rings (SSSR count). The van der Waals surface area contributed by atoms with Crippen LogP contribution in [0.4, 0.5) is 24.7 Å². The van der Waals surface area contributed by atoms with Gasteiger partial charge in [0.05, 0.1) is 56.3 Å². The highest BCUT2D eigenvalue weighted by Gasteiger charge is 2.36. The number of carbonyl (C=O) groups is 1. The van der Waals surface area contributed by atoms with Gasteiger partial charge < -0.3 is 24.6 Å². The molecule has 37 heavy (non-hydrogen) atoms. The fraction of sp³-hybridized carbons (Fsp3) is 0.522. The zero-order valence-corrected chi connectivity index (χ0v) is 20.0. The average molecular weight is 522 g/mol. The summed E-state index contributed by atoms with van der Waals surface area (Å²) in [6.45, 7) is 3.71. The van der Waals surface area contributed by atoms with Crippen molar-refractivity contribution >= 4 is 17.4 Å². The summed E-state index contributed by atoms with van der Waals surface area (Å²) in [7, 11) is 0. The van der Waals surface area contributed by atoms with E-state index in [9.17, 15) is 22.8 Å². The number of rotatable bonds is 7. The first kappa shape index (κ1) is 26.4. The average Bonchev–Trinajstić information content (AvgIpc) is 3.04. The highest BCUT2D eigenvalue weighted by atomic mass is 19.4. The maximum atomic E-state index is 13.1. The molecule has 0 bridgehead atoms. The molecule has 0 aromatic carbocycles. The second kappa shape index (κ2) is 11.1. The molecule has 4 heterocycles. The lowest BCUT2D eigenvalue weighted by molar-refractivity contribution is -0.138. The molecule has 0 saturated carbocycles. The van der Waals surface area contributed by atoms with Crippen molar-refractivity contribution in [3.63, 3.8) is 0 Å². The minimum absolute atomic E-state index is 0.0244. The molecule has 1 saturated heterocycles. The van der Waals surface area contributed by atoms with Crippen LogP contribution in [0.15, 0.2) is 23.3 Å². The molecule has 2 aliphatic rings. The molecule has 0 aliphatic carbocycles. The quantitative estimate of drug-likeness (QED) is 0.520. The monoisotopic (exact) mass is 521 g/mol. The Hall–Kier alpha value is -3.70. The Morgan fingerprint density at radius 3 is 2.97 bits per heavy atom. The number of anilines is 2. The molecular weight excluding hydrogens is 495 g/mol. The van der Waals surface area contributed by atoms with Crippen molar-refractivity contribution in [1.82, 2.24) is 20.1 Å². The van der Waals surface area contributed by atoms with Gasteiger partial charge in [-0.15, -0.1) is 0 Å². The number of pyridine rings is 1. The third kappa shape index (κ3) is 6.17. The number of amides is 1. The summed E-state index contributed by atoms with van der Waals surface area (Å²) in [5, 5.41) is 18.0. The van der Waals surface area contributed by atoms with Gasteiger partial charge in [0.1, 0.15) is 17.5 Å². The number of ether oxygens (including phenoxy) is 2. The summed E-state index contributed by atoms with van der Waals surface area (Å²) in [6.07, 6.45) is -2.15. The van der Waals surface area contributed by atoms with Crippen LogP contribution in [0.1, 0.15) is 30.0 Å². The van der Waals surface area contributed by atoms with Crippen molar-refractivity contribution in [2.24, 2.45) is 0 Å². The maximum absolute atomic E-state index is 13.1. The van der Waals surface area contributed by atoms with E-state index in [1.807, 2.05) is 11.0 Å². The van der Waals surface area contributed by atoms with Gasteiger partial charge >= 0.3 is 6.18 Å². The molecule has 2 atom stereocenters. The zero-order valence-electron chi connectivity index (χ0n) is 20.0. The van der Waals surface area contributed by atoms with Gasteiger partial charge in [-0.1, -0.05) is 0 Å². The van der Waals surface area contributed by atoms with E-state index in [-0.39, 0.29) is 56.4 Å². The Morgan fingerprint density at radius 2 is 2.22 bits per heavy atom. The minimum Gasteiger partial charge on any atom is -0.379 e. The molecular formula is C23H26F3N7O4. The van der Waals surface area contributed by atoms with Gasteiger partial charge in [-0.3, -0.25) is 9.59 Å². The smallest absolute Gasteiger partial charge is 0.379 e. The first-order chi connectivity index (χ1) is 17.7. The summed E-state index contributed by atoms with van der Waals surface area (Å²) in [6, 6.07) is 2.43. The number of fused-ring (bicyclic) bond motifs is 3. The maximum Gasteiger partial charge on any atom is 0.417 e. The topological polar surface area (TPSA) is 136 Å². The number of nitrogens with one attached hydrogen (secondary N) is 2. The molecule has 2 aromatic heterocycles. The van der Waals surface area contributed by atoms with Crippen molar-refractivity contribution in [2.45, 2.75) is 38.2 Å².